The predicted molar refractivity (Wildman–Crippen MR) is 114 cm³/mol. The van der Waals surface area contributed by atoms with Gasteiger partial charge in [-0.2, -0.15) is 0 Å². The molecule has 0 aliphatic carbocycles. The van der Waals surface area contributed by atoms with Crippen LogP contribution in [0.4, 0.5) is 5.69 Å². The molecule has 0 spiro atoms. The Kier molecular flexibility index (Phi) is 5.20. The summed E-state index contributed by atoms with van der Waals surface area (Å²) in [7, 11) is 3.30. The molecule has 0 aliphatic heterocycles. The molecule has 0 saturated heterocycles. The van der Waals surface area contributed by atoms with Crippen LogP contribution in [0.2, 0.25) is 0 Å². The maximum absolute atomic E-state index is 5.46. The van der Waals surface area contributed by atoms with Crippen LogP contribution in [0.25, 0.3) is 10.9 Å². The highest BCUT2D eigenvalue weighted by molar-refractivity contribution is 5.83. The van der Waals surface area contributed by atoms with Crippen molar-refractivity contribution in [1.29, 1.82) is 0 Å². The number of benzene rings is 3. The van der Waals surface area contributed by atoms with Crippen molar-refractivity contribution in [2.45, 2.75) is 12.5 Å². The van der Waals surface area contributed by atoms with Crippen molar-refractivity contribution >= 4 is 16.6 Å². The summed E-state index contributed by atoms with van der Waals surface area (Å²) in [6, 6.07) is 25.0. The second kappa shape index (κ2) is 8.09. The molecule has 0 radical (unpaired) electrons. The van der Waals surface area contributed by atoms with Crippen LogP contribution in [0.5, 0.6) is 11.5 Å². The van der Waals surface area contributed by atoms with Crippen LogP contribution >= 0.6 is 0 Å². The van der Waals surface area contributed by atoms with Crippen molar-refractivity contribution in [2.24, 2.45) is 0 Å². The highest BCUT2D eigenvalue weighted by Crippen LogP contribution is 2.33. The van der Waals surface area contributed by atoms with Gasteiger partial charge in [0.25, 0.3) is 0 Å². The minimum atomic E-state index is 0.124. The first-order chi connectivity index (χ1) is 13.8. The zero-order chi connectivity index (χ0) is 19.3. The van der Waals surface area contributed by atoms with E-state index >= 15 is 0 Å². The van der Waals surface area contributed by atoms with Gasteiger partial charge in [-0.3, -0.25) is 0 Å². The lowest BCUT2D eigenvalue weighted by atomic mass is 9.98. The number of rotatable bonds is 7. The summed E-state index contributed by atoms with van der Waals surface area (Å²) >= 11 is 0. The van der Waals surface area contributed by atoms with Crippen molar-refractivity contribution in [3.63, 3.8) is 0 Å². The van der Waals surface area contributed by atoms with E-state index < -0.39 is 0 Å². The number of aromatic amines is 1. The predicted octanol–water partition coefficient (Wildman–Crippen LogP) is 5.58. The van der Waals surface area contributed by atoms with E-state index in [1.807, 2.05) is 24.3 Å². The van der Waals surface area contributed by atoms with Gasteiger partial charge in [0.15, 0.2) is 11.5 Å². The Labute approximate surface area is 165 Å². The van der Waals surface area contributed by atoms with Gasteiger partial charge in [-0.05, 0) is 35.7 Å². The van der Waals surface area contributed by atoms with Crippen LogP contribution in [-0.2, 0) is 6.42 Å². The van der Waals surface area contributed by atoms with Crippen LogP contribution in [0.3, 0.4) is 0 Å². The molecule has 0 amide bonds. The van der Waals surface area contributed by atoms with Crippen LogP contribution in [-0.4, -0.2) is 19.2 Å². The average molecular weight is 372 g/mol. The third-order valence-corrected chi connectivity index (χ3v) is 5.03. The second-order valence-electron chi connectivity index (χ2n) is 6.74. The molecule has 4 aromatic rings. The quantitative estimate of drug-likeness (QED) is 0.445. The van der Waals surface area contributed by atoms with Crippen LogP contribution < -0.4 is 14.8 Å². The monoisotopic (exact) mass is 372 g/mol. The molecular formula is C24H24N2O2. The van der Waals surface area contributed by atoms with E-state index in [1.54, 1.807) is 14.2 Å². The summed E-state index contributed by atoms with van der Waals surface area (Å²) in [4.78, 5) is 3.38. The first-order valence-corrected chi connectivity index (χ1v) is 9.37. The summed E-state index contributed by atoms with van der Waals surface area (Å²) < 4.78 is 10.8. The topological polar surface area (TPSA) is 46.3 Å². The van der Waals surface area contributed by atoms with Crippen molar-refractivity contribution < 1.29 is 9.47 Å². The molecule has 0 aliphatic rings. The molecule has 1 atom stereocenters. The molecule has 28 heavy (non-hydrogen) atoms. The number of hydrogen-bond acceptors (Lipinski definition) is 3. The first-order valence-electron chi connectivity index (χ1n) is 9.37. The molecule has 2 N–H and O–H groups in total. The maximum Gasteiger partial charge on any atom is 0.162 e. The number of anilines is 1. The van der Waals surface area contributed by atoms with Gasteiger partial charge in [0.05, 0.1) is 20.3 Å². The lowest BCUT2D eigenvalue weighted by Crippen LogP contribution is -2.13. The van der Waals surface area contributed by atoms with Gasteiger partial charge in [-0.15, -0.1) is 0 Å². The molecule has 1 aromatic heterocycles. The smallest absolute Gasteiger partial charge is 0.162 e. The van der Waals surface area contributed by atoms with Crippen LogP contribution in [0.1, 0.15) is 17.2 Å². The molecule has 4 heteroatoms. The van der Waals surface area contributed by atoms with Crippen LogP contribution in [0.15, 0.2) is 79.0 Å². The van der Waals surface area contributed by atoms with Crippen molar-refractivity contribution in [1.82, 2.24) is 4.98 Å². The van der Waals surface area contributed by atoms with E-state index in [2.05, 4.69) is 65.0 Å². The number of aromatic nitrogens is 1. The Morgan fingerprint density at radius 2 is 1.61 bits per heavy atom. The van der Waals surface area contributed by atoms with E-state index in [-0.39, 0.29) is 6.04 Å². The minimum Gasteiger partial charge on any atom is -0.493 e. The van der Waals surface area contributed by atoms with E-state index in [9.17, 15) is 0 Å². The van der Waals surface area contributed by atoms with E-state index in [4.69, 9.17) is 9.47 Å². The minimum absolute atomic E-state index is 0.124. The third-order valence-electron chi connectivity index (χ3n) is 5.03. The number of hydrogen-bond donors (Lipinski definition) is 2. The Bertz CT molecular complexity index is 1060. The third kappa shape index (κ3) is 3.67. The molecule has 3 aromatic carbocycles. The number of fused-ring (bicyclic) bond motifs is 1. The van der Waals surface area contributed by atoms with Gasteiger partial charge in [-0.1, -0.05) is 48.5 Å². The van der Waals surface area contributed by atoms with Gasteiger partial charge >= 0.3 is 0 Å². The fourth-order valence-electron chi connectivity index (χ4n) is 3.59. The Balaban J connectivity index is 1.67. The first kappa shape index (κ1) is 18.0. The Hall–Kier alpha value is -3.40. The molecule has 0 fully saturated rings. The fourth-order valence-corrected chi connectivity index (χ4v) is 3.59. The SMILES string of the molecule is COc1ccc(NC(Cc2c[nH]c3ccccc23)c2ccccc2)cc1OC. The molecular weight excluding hydrogens is 348 g/mol. The normalized spacial score (nSPS) is 11.9. The molecule has 0 saturated carbocycles. The Morgan fingerprint density at radius 3 is 2.39 bits per heavy atom. The van der Waals surface area contributed by atoms with E-state index in [1.165, 1.54) is 16.5 Å². The van der Waals surface area contributed by atoms with Crippen molar-refractivity contribution in [2.75, 3.05) is 19.5 Å². The largest absolute Gasteiger partial charge is 0.493 e. The van der Waals surface area contributed by atoms with Gasteiger partial charge in [-0.25, -0.2) is 0 Å². The number of para-hydroxylation sites is 1. The van der Waals surface area contributed by atoms with E-state index in [0.29, 0.717) is 5.75 Å². The summed E-state index contributed by atoms with van der Waals surface area (Å²) in [6.45, 7) is 0. The lowest BCUT2D eigenvalue weighted by molar-refractivity contribution is 0.355. The van der Waals surface area contributed by atoms with Gasteiger partial charge < -0.3 is 19.8 Å². The lowest BCUT2D eigenvalue weighted by Gasteiger charge is -2.21. The summed E-state index contributed by atoms with van der Waals surface area (Å²) in [5.74, 6) is 1.44. The number of ether oxygens (including phenoxy) is 2. The number of nitrogens with one attached hydrogen (secondary N) is 2. The maximum atomic E-state index is 5.46. The van der Waals surface area contributed by atoms with E-state index in [0.717, 1.165) is 23.4 Å². The van der Waals surface area contributed by atoms with Crippen LogP contribution in [0, 0.1) is 0 Å². The standard InChI is InChI=1S/C24H24N2O2/c1-27-23-13-12-19(15-24(23)28-2)26-22(17-8-4-3-5-9-17)14-18-16-25-21-11-7-6-10-20(18)21/h3-13,15-16,22,25-26H,14H2,1-2H3. The zero-order valence-corrected chi connectivity index (χ0v) is 16.1. The zero-order valence-electron chi connectivity index (χ0n) is 16.1. The van der Waals surface area contributed by atoms with Crippen molar-refractivity contribution in [3.8, 4) is 11.5 Å². The van der Waals surface area contributed by atoms with Gasteiger partial charge in [0.1, 0.15) is 0 Å². The summed E-state index contributed by atoms with van der Waals surface area (Å²) in [5, 5.41) is 4.94. The fraction of sp³-hybridized carbons (Fsp3) is 0.167. The Morgan fingerprint density at radius 1 is 0.857 bits per heavy atom. The molecule has 1 unspecified atom stereocenters. The molecule has 4 nitrogen and oxygen atoms in total. The average Bonchev–Trinajstić information content (AvgIpc) is 3.16. The summed E-state index contributed by atoms with van der Waals surface area (Å²) in [6.07, 6.45) is 2.97. The van der Waals surface area contributed by atoms with Gasteiger partial charge in [0, 0.05) is 28.9 Å². The molecule has 1 heterocycles. The number of methoxy groups -OCH3 is 2. The second-order valence-corrected chi connectivity index (χ2v) is 6.74. The summed E-state index contributed by atoms with van der Waals surface area (Å²) in [5.41, 5.74) is 4.68. The molecule has 4 rings (SSSR count). The molecule has 142 valence electrons. The number of H-pyrrole nitrogens is 1. The highest BCUT2D eigenvalue weighted by Gasteiger charge is 2.16. The highest BCUT2D eigenvalue weighted by atomic mass is 16.5. The van der Waals surface area contributed by atoms with Gasteiger partial charge in [0.2, 0.25) is 0 Å². The molecule has 0 bridgehead atoms. The van der Waals surface area contributed by atoms with Crippen molar-refractivity contribution in [3.05, 3.63) is 90.1 Å².